The Bertz CT molecular complexity index is 514. The number of hydrogen-bond acceptors (Lipinski definition) is 6. The van der Waals surface area contributed by atoms with Crippen molar-refractivity contribution in [1.29, 1.82) is 0 Å². The highest BCUT2D eigenvalue weighted by Crippen LogP contribution is 2.19. The quantitative estimate of drug-likeness (QED) is 0.626. The van der Waals surface area contributed by atoms with Crippen molar-refractivity contribution in [3.63, 3.8) is 0 Å². The molecule has 0 aliphatic heterocycles. The Balaban J connectivity index is 2.44. The molecule has 7 nitrogen and oxygen atoms in total. The minimum atomic E-state index is -0.253. The molecule has 0 aliphatic carbocycles. The van der Waals surface area contributed by atoms with Crippen LogP contribution in [-0.4, -0.2) is 54.7 Å². The summed E-state index contributed by atoms with van der Waals surface area (Å²) in [5, 5.41) is 27.2. The van der Waals surface area contributed by atoms with Gasteiger partial charge in [-0.05, 0) is 6.42 Å². The average Bonchev–Trinajstić information content (AvgIpc) is 2.81. The molecule has 1 unspecified atom stereocenters. The average molecular weight is 252 g/mol. The SMILES string of the molecule is OCCc1ncnc2c1ncn2C(CO)CCO. The molecule has 0 saturated heterocycles. The molecule has 0 aliphatic rings. The first-order valence-electron chi connectivity index (χ1n) is 5.80. The predicted octanol–water partition coefficient (Wildman–Crippen LogP) is -0.723. The van der Waals surface area contributed by atoms with E-state index in [1.807, 2.05) is 0 Å². The normalized spacial score (nSPS) is 13.1. The Labute approximate surface area is 104 Å². The van der Waals surface area contributed by atoms with Crippen LogP contribution in [0.4, 0.5) is 0 Å². The molecule has 0 aromatic carbocycles. The summed E-state index contributed by atoms with van der Waals surface area (Å²) in [6.45, 7) is -0.107. The van der Waals surface area contributed by atoms with Gasteiger partial charge in [-0.2, -0.15) is 0 Å². The van der Waals surface area contributed by atoms with Gasteiger partial charge >= 0.3 is 0 Å². The molecular formula is C11H16N4O3. The van der Waals surface area contributed by atoms with Crippen molar-refractivity contribution in [2.45, 2.75) is 18.9 Å². The zero-order valence-electron chi connectivity index (χ0n) is 9.90. The van der Waals surface area contributed by atoms with E-state index >= 15 is 0 Å². The third-order valence-corrected chi connectivity index (χ3v) is 2.85. The van der Waals surface area contributed by atoms with Crippen LogP contribution in [0, 0.1) is 0 Å². The van der Waals surface area contributed by atoms with Crippen molar-refractivity contribution in [3.05, 3.63) is 18.3 Å². The molecule has 1 atom stereocenters. The lowest BCUT2D eigenvalue weighted by Crippen LogP contribution is -2.14. The van der Waals surface area contributed by atoms with Crippen LogP contribution in [-0.2, 0) is 6.42 Å². The molecule has 0 spiro atoms. The van der Waals surface area contributed by atoms with Gasteiger partial charge in [0.2, 0.25) is 0 Å². The van der Waals surface area contributed by atoms with Gasteiger partial charge in [0, 0.05) is 19.6 Å². The van der Waals surface area contributed by atoms with Gasteiger partial charge in [-0.3, -0.25) is 0 Å². The molecule has 2 heterocycles. The van der Waals surface area contributed by atoms with Gasteiger partial charge in [0.05, 0.1) is 24.7 Å². The lowest BCUT2D eigenvalue weighted by atomic mass is 10.2. The summed E-state index contributed by atoms with van der Waals surface area (Å²) in [7, 11) is 0. The fourth-order valence-corrected chi connectivity index (χ4v) is 1.92. The largest absolute Gasteiger partial charge is 0.396 e. The molecular weight excluding hydrogens is 236 g/mol. The summed E-state index contributed by atoms with van der Waals surface area (Å²) < 4.78 is 1.73. The maximum atomic E-state index is 9.32. The first kappa shape index (κ1) is 12.9. The van der Waals surface area contributed by atoms with Crippen molar-refractivity contribution < 1.29 is 15.3 Å². The Morgan fingerprint density at radius 1 is 1.11 bits per heavy atom. The van der Waals surface area contributed by atoms with Crippen LogP contribution in [0.25, 0.3) is 11.2 Å². The molecule has 2 aromatic rings. The second-order valence-corrected chi connectivity index (χ2v) is 3.97. The number of aliphatic hydroxyl groups excluding tert-OH is 3. The number of fused-ring (bicyclic) bond motifs is 1. The highest BCUT2D eigenvalue weighted by atomic mass is 16.3. The third-order valence-electron chi connectivity index (χ3n) is 2.85. The Hall–Kier alpha value is -1.57. The summed E-state index contributed by atoms with van der Waals surface area (Å²) >= 11 is 0. The van der Waals surface area contributed by atoms with E-state index in [4.69, 9.17) is 10.2 Å². The van der Waals surface area contributed by atoms with Gasteiger partial charge in [-0.15, -0.1) is 0 Å². The smallest absolute Gasteiger partial charge is 0.163 e. The predicted molar refractivity (Wildman–Crippen MR) is 63.9 cm³/mol. The summed E-state index contributed by atoms with van der Waals surface area (Å²) in [6, 6.07) is -0.253. The minimum absolute atomic E-state index is 0.000950. The number of hydrogen-bond donors (Lipinski definition) is 3. The Kier molecular flexibility index (Phi) is 4.19. The number of aliphatic hydroxyl groups is 3. The van der Waals surface area contributed by atoms with Gasteiger partial charge in [-0.25, -0.2) is 15.0 Å². The van der Waals surface area contributed by atoms with Crippen molar-refractivity contribution in [2.75, 3.05) is 19.8 Å². The summed E-state index contributed by atoms with van der Waals surface area (Å²) in [6.07, 6.45) is 3.84. The lowest BCUT2D eigenvalue weighted by Gasteiger charge is -2.14. The van der Waals surface area contributed by atoms with Crippen LogP contribution >= 0.6 is 0 Å². The molecule has 0 bridgehead atoms. The first-order valence-corrected chi connectivity index (χ1v) is 5.80. The standard InChI is InChI=1S/C11H16N4O3/c16-3-1-8(5-18)15-7-14-10-9(2-4-17)12-6-13-11(10)15/h6-8,16-18H,1-5H2. The molecule has 0 radical (unpaired) electrons. The minimum Gasteiger partial charge on any atom is -0.396 e. The molecule has 2 aromatic heterocycles. The molecule has 7 heteroatoms. The number of aromatic nitrogens is 4. The summed E-state index contributed by atoms with van der Waals surface area (Å²) in [4.78, 5) is 12.5. The van der Waals surface area contributed by atoms with E-state index < -0.39 is 0 Å². The van der Waals surface area contributed by atoms with Crippen LogP contribution in [0.15, 0.2) is 12.7 Å². The number of imidazole rings is 1. The van der Waals surface area contributed by atoms with Gasteiger partial charge in [0.15, 0.2) is 5.65 Å². The Morgan fingerprint density at radius 3 is 2.61 bits per heavy atom. The maximum absolute atomic E-state index is 9.32. The van der Waals surface area contributed by atoms with Crippen molar-refractivity contribution >= 4 is 11.2 Å². The molecule has 0 saturated carbocycles. The first-order chi connectivity index (χ1) is 8.81. The van der Waals surface area contributed by atoms with Crippen molar-refractivity contribution in [3.8, 4) is 0 Å². The zero-order chi connectivity index (χ0) is 13.0. The third kappa shape index (κ3) is 2.33. The Morgan fingerprint density at radius 2 is 1.94 bits per heavy atom. The van der Waals surface area contributed by atoms with Gasteiger partial charge in [-0.1, -0.05) is 0 Å². The van der Waals surface area contributed by atoms with E-state index in [2.05, 4.69) is 15.0 Å². The number of rotatable bonds is 6. The van der Waals surface area contributed by atoms with Gasteiger partial charge in [0.25, 0.3) is 0 Å². The summed E-state index contributed by atoms with van der Waals surface area (Å²) in [5.74, 6) is 0. The molecule has 18 heavy (non-hydrogen) atoms. The lowest BCUT2D eigenvalue weighted by molar-refractivity contribution is 0.188. The van der Waals surface area contributed by atoms with E-state index in [1.165, 1.54) is 6.33 Å². The molecule has 3 N–H and O–H groups in total. The van der Waals surface area contributed by atoms with E-state index in [0.717, 1.165) is 0 Å². The zero-order valence-corrected chi connectivity index (χ0v) is 9.90. The topological polar surface area (TPSA) is 104 Å². The highest BCUT2D eigenvalue weighted by Gasteiger charge is 2.15. The van der Waals surface area contributed by atoms with Crippen LogP contribution in [0.1, 0.15) is 18.2 Å². The van der Waals surface area contributed by atoms with E-state index in [1.54, 1.807) is 10.9 Å². The summed E-state index contributed by atoms with van der Waals surface area (Å²) in [5.41, 5.74) is 1.92. The van der Waals surface area contributed by atoms with Crippen molar-refractivity contribution in [2.24, 2.45) is 0 Å². The molecule has 98 valence electrons. The van der Waals surface area contributed by atoms with Crippen molar-refractivity contribution in [1.82, 2.24) is 19.5 Å². The molecule has 0 fully saturated rings. The van der Waals surface area contributed by atoms with Crippen LogP contribution in [0.3, 0.4) is 0 Å². The van der Waals surface area contributed by atoms with Crippen LogP contribution < -0.4 is 0 Å². The highest BCUT2D eigenvalue weighted by molar-refractivity contribution is 5.73. The van der Waals surface area contributed by atoms with Crippen LogP contribution in [0.2, 0.25) is 0 Å². The number of nitrogens with zero attached hydrogens (tertiary/aromatic N) is 4. The van der Waals surface area contributed by atoms with Gasteiger partial charge in [0.1, 0.15) is 11.8 Å². The maximum Gasteiger partial charge on any atom is 0.163 e. The fraction of sp³-hybridized carbons (Fsp3) is 0.545. The second-order valence-electron chi connectivity index (χ2n) is 3.97. The van der Waals surface area contributed by atoms with E-state index in [9.17, 15) is 5.11 Å². The van der Waals surface area contributed by atoms with E-state index in [-0.39, 0.29) is 25.9 Å². The monoisotopic (exact) mass is 252 g/mol. The molecule has 2 rings (SSSR count). The fourth-order valence-electron chi connectivity index (χ4n) is 1.92. The van der Waals surface area contributed by atoms with Crippen LogP contribution in [0.5, 0.6) is 0 Å². The van der Waals surface area contributed by atoms with E-state index in [0.29, 0.717) is 29.7 Å². The second kappa shape index (κ2) is 5.85. The molecule has 0 amide bonds. The van der Waals surface area contributed by atoms with Gasteiger partial charge < -0.3 is 19.9 Å².